The Morgan fingerprint density at radius 2 is 1.83 bits per heavy atom. The van der Waals surface area contributed by atoms with Crippen molar-refractivity contribution in [3.63, 3.8) is 0 Å². The van der Waals surface area contributed by atoms with Crippen LogP contribution in [0, 0.1) is 6.92 Å². The lowest BCUT2D eigenvalue weighted by atomic mass is 10.1. The number of likely N-dealkylation sites (tertiary alicyclic amines) is 1. The summed E-state index contributed by atoms with van der Waals surface area (Å²) in [4.78, 5) is 21.5. The van der Waals surface area contributed by atoms with Gasteiger partial charge in [-0.3, -0.25) is 4.90 Å². The zero-order valence-corrected chi connectivity index (χ0v) is 20.8. The summed E-state index contributed by atoms with van der Waals surface area (Å²) >= 11 is 0. The fraction of sp³-hybridized carbons (Fsp3) is 0.464. The smallest absolute Gasteiger partial charge is 0.227 e. The van der Waals surface area contributed by atoms with E-state index in [1.165, 1.54) is 37.1 Å². The Hall–Kier alpha value is -3.23. The Balaban J connectivity index is 1.04. The van der Waals surface area contributed by atoms with Gasteiger partial charge < -0.3 is 19.9 Å². The number of benzene rings is 1. The Morgan fingerprint density at radius 1 is 0.944 bits per heavy atom. The minimum Gasteiger partial charge on any atom is -0.378 e. The predicted molar refractivity (Wildman–Crippen MR) is 142 cm³/mol. The number of piperazine rings is 1. The van der Waals surface area contributed by atoms with Gasteiger partial charge in [0.2, 0.25) is 5.95 Å². The molecule has 3 saturated heterocycles. The maximum atomic E-state index is 5.44. The standard InChI is InChI=1S/C28H33N7O/c1-19-14-21(3-6-26(19)35-18-23-15-24(35)17-34(23)22-4-5-22)31-28-29-9-8-25(32-28)20-2-7-27(30-16-20)33-10-12-36-13-11-33/h2-3,6-9,14,16,22-24H,4-5,10-13,15,17-18H2,1H3,(H,29,31,32). The van der Waals surface area contributed by atoms with Gasteiger partial charge in [0, 0.05) is 73.6 Å². The molecular weight excluding hydrogens is 450 g/mol. The molecular formula is C28H33N7O. The number of fused-ring (bicyclic) bond motifs is 2. The molecule has 36 heavy (non-hydrogen) atoms. The molecule has 1 N–H and O–H groups in total. The average Bonchev–Trinajstić information content (AvgIpc) is 3.57. The summed E-state index contributed by atoms with van der Waals surface area (Å²) in [5, 5.41) is 3.41. The second-order valence-electron chi connectivity index (χ2n) is 10.5. The number of hydrogen-bond acceptors (Lipinski definition) is 8. The van der Waals surface area contributed by atoms with Gasteiger partial charge in [-0.15, -0.1) is 0 Å². The molecule has 2 bridgehead atoms. The van der Waals surface area contributed by atoms with Crippen LogP contribution in [0.5, 0.6) is 0 Å². The van der Waals surface area contributed by atoms with Crippen LogP contribution in [0.2, 0.25) is 0 Å². The SMILES string of the molecule is Cc1cc(Nc2nccc(-c3ccc(N4CCOCC4)nc3)n2)ccc1N1CC2CC1CN2C1CC1. The quantitative estimate of drug-likeness (QED) is 0.567. The molecule has 0 radical (unpaired) electrons. The number of ether oxygens (including phenoxy) is 1. The minimum absolute atomic E-state index is 0.595. The summed E-state index contributed by atoms with van der Waals surface area (Å²) in [7, 11) is 0. The molecule has 4 fully saturated rings. The molecule has 2 unspecified atom stereocenters. The molecule has 0 spiro atoms. The van der Waals surface area contributed by atoms with Crippen molar-refractivity contribution in [2.45, 2.75) is 44.3 Å². The van der Waals surface area contributed by atoms with Gasteiger partial charge in [-0.05, 0) is 68.1 Å². The van der Waals surface area contributed by atoms with Gasteiger partial charge in [-0.2, -0.15) is 0 Å². The first kappa shape index (κ1) is 22.0. The lowest BCUT2D eigenvalue weighted by Gasteiger charge is -2.36. The third kappa shape index (κ3) is 4.18. The van der Waals surface area contributed by atoms with Gasteiger partial charge in [-0.25, -0.2) is 15.0 Å². The average molecular weight is 484 g/mol. The van der Waals surface area contributed by atoms with E-state index in [0.29, 0.717) is 12.0 Å². The Bertz CT molecular complexity index is 1240. The largest absolute Gasteiger partial charge is 0.378 e. The van der Waals surface area contributed by atoms with Crippen molar-refractivity contribution in [1.29, 1.82) is 0 Å². The number of pyridine rings is 1. The van der Waals surface area contributed by atoms with Crippen LogP contribution in [0.3, 0.4) is 0 Å². The Labute approximate surface area is 212 Å². The van der Waals surface area contributed by atoms with Crippen molar-refractivity contribution in [3.8, 4) is 11.3 Å². The van der Waals surface area contributed by atoms with Gasteiger partial charge >= 0.3 is 0 Å². The van der Waals surface area contributed by atoms with Crippen molar-refractivity contribution in [1.82, 2.24) is 19.9 Å². The van der Waals surface area contributed by atoms with Gasteiger partial charge in [0.25, 0.3) is 0 Å². The summed E-state index contributed by atoms with van der Waals surface area (Å²) in [6.45, 7) is 7.88. The Morgan fingerprint density at radius 3 is 2.56 bits per heavy atom. The molecule has 3 aromatic rings. The first-order chi connectivity index (χ1) is 17.7. The maximum absolute atomic E-state index is 5.44. The number of aryl methyl sites for hydroxylation is 1. The highest BCUT2D eigenvalue weighted by Gasteiger charge is 2.48. The number of nitrogens with one attached hydrogen (secondary N) is 1. The summed E-state index contributed by atoms with van der Waals surface area (Å²) in [5.74, 6) is 1.58. The molecule has 1 aliphatic carbocycles. The van der Waals surface area contributed by atoms with Crippen LogP contribution in [0.25, 0.3) is 11.3 Å². The molecule has 1 saturated carbocycles. The van der Waals surface area contributed by atoms with Crippen molar-refractivity contribution in [3.05, 3.63) is 54.4 Å². The molecule has 186 valence electrons. The van der Waals surface area contributed by atoms with Gasteiger partial charge in [0.15, 0.2) is 0 Å². The van der Waals surface area contributed by atoms with Crippen LogP contribution in [0.4, 0.5) is 23.1 Å². The third-order valence-corrected chi connectivity index (χ3v) is 8.10. The van der Waals surface area contributed by atoms with Crippen molar-refractivity contribution >= 4 is 23.1 Å². The monoisotopic (exact) mass is 483 g/mol. The van der Waals surface area contributed by atoms with Crippen molar-refractivity contribution in [2.24, 2.45) is 0 Å². The number of hydrogen-bond donors (Lipinski definition) is 1. The van der Waals surface area contributed by atoms with E-state index in [4.69, 9.17) is 9.72 Å². The second kappa shape index (κ2) is 9.01. The molecule has 2 aromatic heterocycles. The molecule has 0 amide bonds. The fourth-order valence-electron chi connectivity index (χ4n) is 6.13. The maximum Gasteiger partial charge on any atom is 0.227 e. The van der Waals surface area contributed by atoms with Crippen LogP contribution in [0.15, 0.2) is 48.8 Å². The van der Waals surface area contributed by atoms with Crippen molar-refractivity contribution < 1.29 is 4.74 Å². The molecule has 5 heterocycles. The van der Waals surface area contributed by atoms with E-state index in [1.54, 1.807) is 6.20 Å². The number of nitrogens with zero attached hydrogens (tertiary/aromatic N) is 6. The van der Waals surface area contributed by atoms with Crippen LogP contribution in [0.1, 0.15) is 24.8 Å². The summed E-state index contributed by atoms with van der Waals surface area (Å²) in [6.07, 6.45) is 7.82. The van der Waals surface area contributed by atoms with Crippen LogP contribution >= 0.6 is 0 Å². The third-order valence-electron chi connectivity index (χ3n) is 8.10. The van der Waals surface area contributed by atoms with Gasteiger partial charge in [0.1, 0.15) is 5.82 Å². The van der Waals surface area contributed by atoms with E-state index >= 15 is 0 Å². The lowest BCUT2D eigenvalue weighted by molar-refractivity contribution is 0.122. The van der Waals surface area contributed by atoms with Crippen molar-refractivity contribution in [2.75, 3.05) is 54.5 Å². The van der Waals surface area contributed by atoms with E-state index in [-0.39, 0.29) is 0 Å². The normalized spacial score (nSPS) is 23.9. The van der Waals surface area contributed by atoms with Gasteiger partial charge in [0.05, 0.1) is 18.9 Å². The molecule has 8 heteroatoms. The van der Waals surface area contributed by atoms with E-state index in [2.05, 4.69) is 67.2 Å². The van der Waals surface area contributed by atoms with Crippen LogP contribution < -0.4 is 15.1 Å². The summed E-state index contributed by atoms with van der Waals surface area (Å²) in [5.41, 5.74) is 5.51. The zero-order valence-electron chi connectivity index (χ0n) is 20.8. The number of aromatic nitrogens is 3. The zero-order chi connectivity index (χ0) is 24.1. The second-order valence-corrected chi connectivity index (χ2v) is 10.5. The first-order valence-electron chi connectivity index (χ1n) is 13.2. The summed E-state index contributed by atoms with van der Waals surface area (Å²) in [6, 6.07) is 15.0. The van der Waals surface area contributed by atoms with E-state index in [0.717, 1.165) is 67.7 Å². The highest BCUT2D eigenvalue weighted by molar-refractivity contribution is 5.66. The van der Waals surface area contributed by atoms with E-state index in [9.17, 15) is 0 Å². The number of rotatable bonds is 6. The molecule has 7 rings (SSSR count). The lowest BCUT2D eigenvalue weighted by Crippen LogP contribution is -2.47. The first-order valence-corrected chi connectivity index (χ1v) is 13.2. The molecule has 1 aromatic carbocycles. The summed E-state index contributed by atoms with van der Waals surface area (Å²) < 4.78 is 5.44. The highest BCUT2D eigenvalue weighted by atomic mass is 16.5. The molecule has 3 aliphatic heterocycles. The molecule has 2 atom stereocenters. The highest BCUT2D eigenvalue weighted by Crippen LogP contribution is 2.42. The van der Waals surface area contributed by atoms with E-state index in [1.807, 2.05) is 12.3 Å². The van der Waals surface area contributed by atoms with Crippen LogP contribution in [-0.4, -0.2) is 77.4 Å². The molecule has 4 aliphatic rings. The number of anilines is 4. The topological polar surface area (TPSA) is 69.6 Å². The molecule has 8 nitrogen and oxygen atoms in total. The van der Waals surface area contributed by atoms with Gasteiger partial charge in [-0.1, -0.05) is 0 Å². The minimum atomic E-state index is 0.595. The predicted octanol–water partition coefficient (Wildman–Crippen LogP) is 3.85. The van der Waals surface area contributed by atoms with Crippen LogP contribution in [-0.2, 0) is 4.74 Å². The number of morpholine rings is 1. The fourth-order valence-corrected chi connectivity index (χ4v) is 6.13. The Kier molecular flexibility index (Phi) is 5.51. The van der Waals surface area contributed by atoms with E-state index < -0.39 is 0 Å².